The maximum atomic E-state index is 6.17. The van der Waals surface area contributed by atoms with Crippen LogP contribution in [0.1, 0.15) is 44.7 Å². The lowest BCUT2D eigenvalue weighted by molar-refractivity contribution is 0.539. The Hall–Kier alpha value is -1.19. The van der Waals surface area contributed by atoms with E-state index in [1.807, 2.05) is 11.6 Å². The zero-order chi connectivity index (χ0) is 12.3. The molecule has 0 bridgehead atoms. The van der Waals surface area contributed by atoms with Crippen LogP contribution < -0.4 is 10.6 Å². The van der Waals surface area contributed by atoms with Gasteiger partial charge in [0.25, 0.3) is 0 Å². The molecule has 0 spiro atoms. The molecule has 4 heteroatoms. The monoisotopic (exact) mass is 236 g/mol. The second-order valence-corrected chi connectivity index (χ2v) is 4.89. The van der Waals surface area contributed by atoms with E-state index >= 15 is 0 Å². The third-order valence-electron chi connectivity index (χ3n) is 3.60. The van der Waals surface area contributed by atoms with Crippen molar-refractivity contribution in [3.8, 4) is 0 Å². The van der Waals surface area contributed by atoms with E-state index in [-0.39, 0.29) is 0 Å². The average molecular weight is 236 g/mol. The van der Waals surface area contributed by atoms with Crippen molar-refractivity contribution in [1.29, 1.82) is 0 Å². The fraction of sp³-hybridized carbons (Fsp3) is 0.769. The Balaban J connectivity index is 2.23. The molecular formula is C13H24N4. The average Bonchev–Trinajstić information content (AvgIpc) is 2.56. The van der Waals surface area contributed by atoms with Crippen molar-refractivity contribution in [3.05, 3.63) is 5.69 Å². The highest BCUT2D eigenvalue weighted by Crippen LogP contribution is 2.28. The van der Waals surface area contributed by atoms with Gasteiger partial charge in [-0.05, 0) is 26.7 Å². The van der Waals surface area contributed by atoms with Gasteiger partial charge in [-0.15, -0.1) is 0 Å². The molecule has 0 aromatic carbocycles. The number of hydrogen-bond acceptors (Lipinski definition) is 3. The Morgan fingerprint density at radius 2 is 1.71 bits per heavy atom. The fourth-order valence-corrected chi connectivity index (χ4v) is 2.60. The summed E-state index contributed by atoms with van der Waals surface area (Å²) >= 11 is 0. The SMILES string of the molecule is CCn1nc(C)c(N)c1N1CCCCCCC1. The highest BCUT2D eigenvalue weighted by atomic mass is 15.4. The largest absolute Gasteiger partial charge is 0.394 e. The smallest absolute Gasteiger partial charge is 0.150 e. The lowest BCUT2D eigenvalue weighted by Crippen LogP contribution is -2.29. The summed E-state index contributed by atoms with van der Waals surface area (Å²) in [4.78, 5) is 2.43. The number of hydrogen-bond donors (Lipinski definition) is 1. The molecule has 2 N–H and O–H groups in total. The minimum absolute atomic E-state index is 0.868. The second kappa shape index (κ2) is 5.43. The first-order valence-electron chi connectivity index (χ1n) is 6.82. The van der Waals surface area contributed by atoms with Crippen LogP contribution in [-0.2, 0) is 6.54 Å². The molecule has 1 aromatic rings. The summed E-state index contributed by atoms with van der Waals surface area (Å²) in [7, 11) is 0. The summed E-state index contributed by atoms with van der Waals surface area (Å²) in [5, 5.41) is 4.51. The predicted molar refractivity (Wildman–Crippen MR) is 72.3 cm³/mol. The molecular weight excluding hydrogens is 212 g/mol. The Bertz CT molecular complexity index is 362. The van der Waals surface area contributed by atoms with Crippen molar-refractivity contribution in [2.75, 3.05) is 23.7 Å². The molecule has 4 nitrogen and oxygen atoms in total. The molecule has 1 aliphatic heterocycles. The standard InChI is InChI=1S/C13H24N4/c1-3-17-13(12(14)11(2)15-17)16-9-7-5-4-6-8-10-16/h3-10,14H2,1-2H3. The molecule has 0 aliphatic carbocycles. The van der Waals surface area contributed by atoms with Gasteiger partial charge in [-0.2, -0.15) is 5.10 Å². The Morgan fingerprint density at radius 3 is 2.29 bits per heavy atom. The van der Waals surface area contributed by atoms with Crippen LogP contribution in [0.4, 0.5) is 11.5 Å². The number of aromatic nitrogens is 2. The number of nitrogens with zero attached hydrogens (tertiary/aromatic N) is 3. The first-order valence-corrected chi connectivity index (χ1v) is 6.82. The van der Waals surface area contributed by atoms with Crippen molar-refractivity contribution in [2.45, 2.75) is 52.5 Å². The van der Waals surface area contributed by atoms with Crippen LogP contribution in [-0.4, -0.2) is 22.9 Å². The van der Waals surface area contributed by atoms with Gasteiger partial charge >= 0.3 is 0 Å². The maximum absolute atomic E-state index is 6.17. The van der Waals surface area contributed by atoms with E-state index in [0.29, 0.717) is 0 Å². The molecule has 0 saturated carbocycles. The molecule has 0 atom stereocenters. The lowest BCUT2D eigenvalue weighted by Gasteiger charge is -2.27. The molecule has 96 valence electrons. The first-order chi connectivity index (χ1) is 8.24. The van der Waals surface area contributed by atoms with Crippen LogP contribution >= 0.6 is 0 Å². The molecule has 1 aromatic heterocycles. The summed E-state index contributed by atoms with van der Waals surface area (Å²) in [5.41, 5.74) is 8.00. The van der Waals surface area contributed by atoms with Gasteiger partial charge in [0.2, 0.25) is 0 Å². The fourth-order valence-electron chi connectivity index (χ4n) is 2.60. The quantitative estimate of drug-likeness (QED) is 0.858. The molecule has 0 unspecified atom stereocenters. The highest BCUT2D eigenvalue weighted by molar-refractivity contribution is 5.66. The van der Waals surface area contributed by atoms with E-state index in [1.54, 1.807) is 0 Å². The highest BCUT2D eigenvalue weighted by Gasteiger charge is 2.18. The van der Waals surface area contributed by atoms with Gasteiger partial charge in [0, 0.05) is 19.6 Å². The van der Waals surface area contributed by atoms with Crippen LogP contribution in [0.15, 0.2) is 0 Å². The van der Waals surface area contributed by atoms with Gasteiger partial charge in [-0.1, -0.05) is 19.3 Å². The molecule has 1 fully saturated rings. The van der Waals surface area contributed by atoms with Gasteiger partial charge in [-0.25, -0.2) is 4.68 Å². The van der Waals surface area contributed by atoms with E-state index in [2.05, 4.69) is 16.9 Å². The van der Waals surface area contributed by atoms with Crippen LogP contribution in [0.3, 0.4) is 0 Å². The predicted octanol–water partition coefficient (Wildman–Crippen LogP) is 2.56. The molecule has 0 radical (unpaired) electrons. The van der Waals surface area contributed by atoms with Crippen LogP contribution in [0, 0.1) is 6.92 Å². The van der Waals surface area contributed by atoms with Gasteiger partial charge in [0.15, 0.2) is 5.82 Å². The molecule has 0 amide bonds. The van der Waals surface area contributed by atoms with Crippen molar-refractivity contribution in [3.63, 3.8) is 0 Å². The van der Waals surface area contributed by atoms with Gasteiger partial charge < -0.3 is 10.6 Å². The second-order valence-electron chi connectivity index (χ2n) is 4.89. The van der Waals surface area contributed by atoms with E-state index in [1.165, 1.54) is 32.1 Å². The number of aryl methyl sites for hydroxylation is 2. The summed E-state index contributed by atoms with van der Waals surface area (Å²) in [6, 6.07) is 0. The zero-order valence-electron chi connectivity index (χ0n) is 11.1. The van der Waals surface area contributed by atoms with Crippen LogP contribution in [0.5, 0.6) is 0 Å². The van der Waals surface area contributed by atoms with Crippen molar-refractivity contribution in [1.82, 2.24) is 9.78 Å². The zero-order valence-corrected chi connectivity index (χ0v) is 11.1. The van der Waals surface area contributed by atoms with Crippen molar-refractivity contribution in [2.24, 2.45) is 0 Å². The van der Waals surface area contributed by atoms with Gasteiger partial charge in [-0.3, -0.25) is 0 Å². The molecule has 2 heterocycles. The molecule has 1 saturated heterocycles. The lowest BCUT2D eigenvalue weighted by atomic mass is 10.1. The molecule has 17 heavy (non-hydrogen) atoms. The Kier molecular flexibility index (Phi) is 3.92. The van der Waals surface area contributed by atoms with Gasteiger partial charge in [0.1, 0.15) is 0 Å². The summed E-state index contributed by atoms with van der Waals surface area (Å²) in [6.45, 7) is 7.25. The van der Waals surface area contributed by atoms with E-state index in [0.717, 1.165) is 36.8 Å². The molecule has 1 aliphatic rings. The van der Waals surface area contributed by atoms with Crippen LogP contribution in [0.2, 0.25) is 0 Å². The number of nitrogen functional groups attached to an aromatic ring is 1. The summed E-state index contributed by atoms with van der Waals surface area (Å²) in [6.07, 6.45) is 6.61. The maximum Gasteiger partial charge on any atom is 0.150 e. The van der Waals surface area contributed by atoms with E-state index in [4.69, 9.17) is 5.73 Å². The molecule has 2 rings (SSSR count). The first kappa shape index (κ1) is 12.3. The minimum Gasteiger partial charge on any atom is -0.394 e. The minimum atomic E-state index is 0.868. The topological polar surface area (TPSA) is 47.1 Å². The number of nitrogens with two attached hydrogens (primary N) is 1. The Labute approximate surface area is 104 Å². The summed E-state index contributed by atoms with van der Waals surface area (Å²) < 4.78 is 2.05. The van der Waals surface area contributed by atoms with E-state index < -0.39 is 0 Å². The number of anilines is 2. The van der Waals surface area contributed by atoms with Crippen LogP contribution in [0.25, 0.3) is 0 Å². The third-order valence-corrected chi connectivity index (χ3v) is 3.60. The number of rotatable bonds is 2. The summed E-state index contributed by atoms with van der Waals surface area (Å²) in [5.74, 6) is 1.15. The third kappa shape index (κ3) is 2.56. The van der Waals surface area contributed by atoms with Crippen molar-refractivity contribution >= 4 is 11.5 Å². The normalized spacial score (nSPS) is 17.9. The van der Waals surface area contributed by atoms with E-state index in [9.17, 15) is 0 Å². The Morgan fingerprint density at radius 1 is 1.12 bits per heavy atom. The van der Waals surface area contributed by atoms with Gasteiger partial charge in [0.05, 0.1) is 11.4 Å². The van der Waals surface area contributed by atoms with Crippen molar-refractivity contribution < 1.29 is 0 Å².